The number of carbonyl (C=O) groups is 1. The fourth-order valence-electron chi connectivity index (χ4n) is 3.82. The molecule has 28 heavy (non-hydrogen) atoms. The third kappa shape index (κ3) is 6.21. The molecule has 152 valence electrons. The van der Waals surface area contributed by atoms with Crippen LogP contribution in [-0.4, -0.2) is 44.2 Å². The maximum absolute atomic E-state index is 11.8. The van der Waals surface area contributed by atoms with Crippen LogP contribution in [0.3, 0.4) is 0 Å². The number of carbonyl (C=O) groups excluding carboxylic acids is 1. The second-order valence-electron chi connectivity index (χ2n) is 7.71. The largest absolute Gasteiger partial charge is 0.461 e. The van der Waals surface area contributed by atoms with E-state index >= 15 is 0 Å². The number of ether oxygens (including phenoxy) is 1. The Balaban J connectivity index is 1.41. The molecule has 1 N–H and O–H groups in total. The van der Waals surface area contributed by atoms with Gasteiger partial charge < -0.3 is 14.5 Å². The zero-order chi connectivity index (χ0) is 19.8. The Bertz CT molecular complexity index is 748. The number of likely N-dealkylation sites (tertiary alicyclic amines) is 1. The van der Waals surface area contributed by atoms with Crippen LogP contribution in [0.2, 0.25) is 0 Å². The van der Waals surface area contributed by atoms with Gasteiger partial charge >= 0.3 is 0 Å². The fraction of sp³-hybridized carbons (Fsp3) is 0.522. The van der Waals surface area contributed by atoms with Crippen LogP contribution in [0.4, 0.5) is 0 Å². The molecule has 0 spiro atoms. The molecular formula is C23H32N2O3. The standard InChI is InChI=1S/C23H32N2O3/c1-18-6-8-22(28-18)21-5-3-4-20(16-21)17-25-13-10-19(11-14-25)7-9-23(26)24-12-15-27-2/h3-6,8,16,19H,7,9-15,17H2,1-2H3,(H,24,26). The number of hydrogen-bond donors (Lipinski definition) is 1. The first kappa shape index (κ1) is 20.6. The van der Waals surface area contributed by atoms with Crippen molar-refractivity contribution < 1.29 is 13.9 Å². The van der Waals surface area contributed by atoms with E-state index in [1.54, 1.807) is 7.11 Å². The maximum atomic E-state index is 11.8. The highest BCUT2D eigenvalue weighted by Crippen LogP contribution is 2.26. The summed E-state index contributed by atoms with van der Waals surface area (Å²) in [4.78, 5) is 14.3. The third-order valence-corrected chi connectivity index (χ3v) is 5.47. The molecule has 3 rings (SSSR count). The molecule has 1 amide bonds. The minimum Gasteiger partial charge on any atom is -0.461 e. The molecule has 5 nitrogen and oxygen atoms in total. The van der Waals surface area contributed by atoms with E-state index in [1.807, 2.05) is 19.1 Å². The van der Waals surface area contributed by atoms with Crippen molar-refractivity contribution in [2.75, 3.05) is 33.4 Å². The molecule has 0 aliphatic carbocycles. The second kappa shape index (κ2) is 10.4. The first-order valence-corrected chi connectivity index (χ1v) is 10.3. The molecular weight excluding hydrogens is 352 g/mol. The number of aryl methyl sites for hydroxylation is 1. The van der Waals surface area contributed by atoms with E-state index in [1.165, 1.54) is 18.4 Å². The number of hydrogen-bond acceptors (Lipinski definition) is 4. The summed E-state index contributed by atoms with van der Waals surface area (Å²) in [5.74, 6) is 2.67. The van der Waals surface area contributed by atoms with Crippen molar-refractivity contribution in [2.24, 2.45) is 5.92 Å². The highest BCUT2D eigenvalue weighted by atomic mass is 16.5. The van der Waals surface area contributed by atoms with Gasteiger partial charge in [-0.05, 0) is 69.0 Å². The van der Waals surface area contributed by atoms with E-state index < -0.39 is 0 Å². The fourth-order valence-corrected chi connectivity index (χ4v) is 3.82. The average molecular weight is 385 g/mol. The first-order chi connectivity index (χ1) is 13.6. The lowest BCUT2D eigenvalue weighted by molar-refractivity contribution is -0.121. The predicted octanol–water partition coefficient (Wildman–Crippen LogP) is 4.01. The number of piperidine rings is 1. The van der Waals surface area contributed by atoms with Gasteiger partial charge in [0.1, 0.15) is 11.5 Å². The summed E-state index contributed by atoms with van der Waals surface area (Å²) in [6.45, 7) is 6.31. The van der Waals surface area contributed by atoms with E-state index in [9.17, 15) is 4.79 Å². The number of rotatable bonds is 9. The van der Waals surface area contributed by atoms with Crippen LogP contribution < -0.4 is 5.32 Å². The molecule has 1 saturated heterocycles. The van der Waals surface area contributed by atoms with Gasteiger partial charge in [0.2, 0.25) is 5.91 Å². The van der Waals surface area contributed by atoms with E-state index in [4.69, 9.17) is 9.15 Å². The smallest absolute Gasteiger partial charge is 0.220 e. The molecule has 0 bridgehead atoms. The van der Waals surface area contributed by atoms with Gasteiger partial charge in [-0.2, -0.15) is 0 Å². The molecule has 1 fully saturated rings. The van der Waals surface area contributed by atoms with Crippen molar-refractivity contribution in [3.8, 4) is 11.3 Å². The number of amides is 1. The second-order valence-corrected chi connectivity index (χ2v) is 7.71. The lowest BCUT2D eigenvalue weighted by atomic mass is 9.91. The van der Waals surface area contributed by atoms with Crippen LogP contribution in [0.15, 0.2) is 40.8 Å². The van der Waals surface area contributed by atoms with Crippen molar-refractivity contribution in [3.05, 3.63) is 47.7 Å². The predicted molar refractivity (Wildman–Crippen MR) is 111 cm³/mol. The quantitative estimate of drug-likeness (QED) is 0.664. The summed E-state index contributed by atoms with van der Waals surface area (Å²) < 4.78 is 10.7. The Hall–Kier alpha value is -2.11. The van der Waals surface area contributed by atoms with E-state index in [-0.39, 0.29) is 5.91 Å². The van der Waals surface area contributed by atoms with Crippen molar-refractivity contribution in [1.82, 2.24) is 10.2 Å². The van der Waals surface area contributed by atoms with E-state index in [2.05, 4.69) is 34.5 Å². The Morgan fingerprint density at radius 2 is 2.07 bits per heavy atom. The Labute approximate surface area is 168 Å². The Morgan fingerprint density at radius 3 is 2.79 bits per heavy atom. The summed E-state index contributed by atoms with van der Waals surface area (Å²) in [7, 11) is 1.65. The molecule has 0 radical (unpaired) electrons. The summed E-state index contributed by atoms with van der Waals surface area (Å²) in [6, 6.07) is 12.7. The topological polar surface area (TPSA) is 54.7 Å². The van der Waals surface area contributed by atoms with E-state index in [0.29, 0.717) is 25.5 Å². The van der Waals surface area contributed by atoms with Gasteiger partial charge in [-0.3, -0.25) is 9.69 Å². The minimum absolute atomic E-state index is 0.143. The van der Waals surface area contributed by atoms with Crippen LogP contribution in [0.5, 0.6) is 0 Å². The zero-order valence-electron chi connectivity index (χ0n) is 17.1. The molecule has 1 aromatic heterocycles. The maximum Gasteiger partial charge on any atom is 0.220 e. The van der Waals surface area contributed by atoms with Crippen LogP contribution in [-0.2, 0) is 16.1 Å². The van der Waals surface area contributed by atoms with Gasteiger partial charge in [0.05, 0.1) is 6.61 Å². The molecule has 2 aromatic rings. The minimum atomic E-state index is 0.143. The van der Waals surface area contributed by atoms with Crippen LogP contribution in [0, 0.1) is 12.8 Å². The van der Waals surface area contributed by atoms with Crippen LogP contribution >= 0.6 is 0 Å². The summed E-state index contributed by atoms with van der Waals surface area (Å²) in [6.07, 6.45) is 3.95. The molecule has 1 aliphatic rings. The van der Waals surface area contributed by atoms with Crippen molar-refractivity contribution in [2.45, 2.75) is 39.2 Å². The van der Waals surface area contributed by atoms with Crippen molar-refractivity contribution in [1.29, 1.82) is 0 Å². The first-order valence-electron chi connectivity index (χ1n) is 10.3. The van der Waals surface area contributed by atoms with Gasteiger partial charge in [-0.25, -0.2) is 0 Å². The van der Waals surface area contributed by atoms with Gasteiger partial charge in [-0.1, -0.05) is 18.2 Å². The van der Waals surface area contributed by atoms with Crippen LogP contribution in [0.25, 0.3) is 11.3 Å². The Kier molecular flexibility index (Phi) is 7.69. The molecule has 0 unspecified atom stereocenters. The molecule has 0 atom stereocenters. The van der Waals surface area contributed by atoms with Crippen molar-refractivity contribution in [3.63, 3.8) is 0 Å². The number of nitrogens with zero attached hydrogens (tertiary/aromatic N) is 1. The van der Waals surface area contributed by atoms with E-state index in [0.717, 1.165) is 43.1 Å². The van der Waals surface area contributed by atoms with Gasteiger partial charge in [0, 0.05) is 32.2 Å². The van der Waals surface area contributed by atoms with Gasteiger partial charge in [-0.15, -0.1) is 0 Å². The lowest BCUT2D eigenvalue weighted by Crippen LogP contribution is -2.34. The third-order valence-electron chi connectivity index (χ3n) is 5.47. The van der Waals surface area contributed by atoms with Crippen molar-refractivity contribution >= 4 is 5.91 Å². The SMILES string of the molecule is COCCNC(=O)CCC1CCN(Cc2cccc(-c3ccc(C)o3)c2)CC1. The highest BCUT2D eigenvalue weighted by molar-refractivity contribution is 5.75. The number of benzene rings is 1. The highest BCUT2D eigenvalue weighted by Gasteiger charge is 2.20. The molecule has 1 aromatic carbocycles. The van der Waals surface area contributed by atoms with Gasteiger partial charge in [0.15, 0.2) is 0 Å². The lowest BCUT2D eigenvalue weighted by Gasteiger charge is -2.32. The number of nitrogens with one attached hydrogen (secondary N) is 1. The average Bonchev–Trinajstić information content (AvgIpc) is 3.14. The molecule has 0 saturated carbocycles. The summed E-state index contributed by atoms with van der Waals surface area (Å²) >= 11 is 0. The summed E-state index contributed by atoms with van der Waals surface area (Å²) in [5, 5.41) is 2.90. The molecule has 5 heteroatoms. The number of furan rings is 1. The Morgan fingerprint density at radius 1 is 1.25 bits per heavy atom. The molecule has 2 heterocycles. The zero-order valence-corrected chi connectivity index (χ0v) is 17.1. The summed E-state index contributed by atoms with van der Waals surface area (Å²) in [5.41, 5.74) is 2.46. The van der Waals surface area contributed by atoms with Gasteiger partial charge in [0.25, 0.3) is 0 Å². The van der Waals surface area contributed by atoms with Crippen LogP contribution in [0.1, 0.15) is 37.0 Å². The normalized spacial score (nSPS) is 15.6. The monoisotopic (exact) mass is 384 g/mol. The number of methoxy groups -OCH3 is 1. The molecule has 1 aliphatic heterocycles.